The summed E-state index contributed by atoms with van der Waals surface area (Å²) in [5.41, 5.74) is 0. The van der Waals surface area contributed by atoms with Gasteiger partial charge in [0.05, 0.1) is 0 Å². The Balaban J connectivity index is 2.12. The van der Waals surface area contributed by atoms with E-state index in [4.69, 9.17) is 5.11 Å². The number of thioether (sulfide) groups is 1. The highest BCUT2D eigenvalue weighted by atomic mass is 32.2. The average molecular weight is 260 g/mol. The number of amides is 2. The fourth-order valence-corrected chi connectivity index (χ4v) is 3.14. The average Bonchev–Trinajstić information content (AvgIpc) is 2.72. The second-order valence-electron chi connectivity index (χ2n) is 5.08. The normalized spacial score (nSPS) is 25.6. The van der Waals surface area contributed by atoms with Crippen molar-refractivity contribution in [3.63, 3.8) is 0 Å². The molecule has 1 aliphatic rings. The summed E-state index contributed by atoms with van der Waals surface area (Å²) in [4.78, 5) is 11.6. The SMILES string of the molecule is CC(CCO)CNC(=O)NCC1(C)CCCS1. The Bertz CT molecular complexity index is 243. The molecule has 0 aromatic heterocycles. The third kappa shape index (κ3) is 5.64. The lowest BCUT2D eigenvalue weighted by Gasteiger charge is -2.23. The highest BCUT2D eigenvalue weighted by Crippen LogP contribution is 2.36. The van der Waals surface area contributed by atoms with E-state index >= 15 is 0 Å². The number of carbonyl (C=O) groups is 1. The first-order valence-corrected chi connectivity index (χ1v) is 7.31. The van der Waals surface area contributed by atoms with Crippen LogP contribution in [0.5, 0.6) is 0 Å². The van der Waals surface area contributed by atoms with Gasteiger partial charge in [0.1, 0.15) is 0 Å². The lowest BCUT2D eigenvalue weighted by atomic mass is 10.1. The van der Waals surface area contributed by atoms with E-state index in [0.29, 0.717) is 12.5 Å². The van der Waals surface area contributed by atoms with E-state index in [1.165, 1.54) is 18.6 Å². The van der Waals surface area contributed by atoms with Crippen LogP contribution < -0.4 is 10.6 Å². The second kappa shape index (κ2) is 7.11. The van der Waals surface area contributed by atoms with Crippen molar-refractivity contribution >= 4 is 17.8 Å². The van der Waals surface area contributed by atoms with E-state index < -0.39 is 0 Å². The van der Waals surface area contributed by atoms with Gasteiger partial charge in [0.25, 0.3) is 0 Å². The molecule has 0 bridgehead atoms. The van der Waals surface area contributed by atoms with Crippen LogP contribution in [0.25, 0.3) is 0 Å². The van der Waals surface area contributed by atoms with E-state index in [9.17, 15) is 4.79 Å². The molecule has 0 saturated carbocycles. The van der Waals surface area contributed by atoms with Gasteiger partial charge in [0.15, 0.2) is 0 Å². The Kier molecular flexibility index (Phi) is 6.12. The summed E-state index contributed by atoms with van der Waals surface area (Å²) in [5.74, 6) is 1.52. The number of carbonyl (C=O) groups excluding carboxylic acids is 1. The molecule has 0 aromatic rings. The molecule has 0 aliphatic carbocycles. The zero-order chi connectivity index (χ0) is 12.7. The monoisotopic (exact) mass is 260 g/mol. The lowest BCUT2D eigenvalue weighted by Crippen LogP contribution is -2.43. The summed E-state index contributed by atoms with van der Waals surface area (Å²) in [7, 11) is 0. The molecule has 1 aliphatic heterocycles. The Morgan fingerprint density at radius 3 is 2.88 bits per heavy atom. The van der Waals surface area contributed by atoms with Crippen molar-refractivity contribution in [2.75, 3.05) is 25.4 Å². The van der Waals surface area contributed by atoms with Gasteiger partial charge in [-0.1, -0.05) is 6.92 Å². The van der Waals surface area contributed by atoms with Crippen LogP contribution in [-0.2, 0) is 0 Å². The minimum Gasteiger partial charge on any atom is -0.396 e. The molecule has 3 N–H and O–H groups in total. The van der Waals surface area contributed by atoms with Crippen molar-refractivity contribution in [2.45, 2.75) is 37.9 Å². The van der Waals surface area contributed by atoms with Crippen LogP contribution in [0, 0.1) is 5.92 Å². The van der Waals surface area contributed by atoms with Crippen LogP contribution in [0.4, 0.5) is 4.79 Å². The number of hydrogen-bond acceptors (Lipinski definition) is 3. The number of aliphatic hydroxyl groups excluding tert-OH is 1. The van der Waals surface area contributed by atoms with Gasteiger partial charge >= 0.3 is 6.03 Å². The van der Waals surface area contributed by atoms with Crippen molar-refractivity contribution in [3.05, 3.63) is 0 Å². The highest BCUT2D eigenvalue weighted by Gasteiger charge is 2.29. The van der Waals surface area contributed by atoms with Crippen molar-refractivity contribution in [2.24, 2.45) is 5.92 Å². The summed E-state index contributed by atoms with van der Waals surface area (Å²) in [6.07, 6.45) is 3.16. The molecule has 100 valence electrons. The molecule has 2 unspecified atom stereocenters. The molecule has 0 spiro atoms. The summed E-state index contributed by atoms with van der Waals surface area (Å²) in [6, 6.07) is -0.0940. The first-order chi connectivity index (χ1) is 8.06. The predicted molar refractivity (Wildman–Crippen MR) is 72.4 cm³/mol. The molecule has 5 heteroatoms. The summed E-state index contributed by atoms with van der Waals surface area (Å²) in [5, 5.41) is 14.5. The fourth-order valence-electron chi connectivity index (χ4n) is 1.90. The van der Waals surface area contributed by atoms with Gasteiger partial charge in [0.2, 0.25) is 0 Å². The third-order valence-corrected chi connectivity index (χ3v) is 4.69. The van der Waals surface area contributed by atoms with E-state index in [2.05, 4.69) is 17.6 Å². The third-order valence-electron chi connectivity index (χ3n) is 3.16. The smallest absolute Gasteiger partial charge is 0.314 e. The quantitative estimate of drug-likeness (QED) is 0.679. The van der Waals surface area contributed by atoms with Gasteiger partial charge in [-0.25, -0.2) is 4.79 Å². The first-order valence-electron chi connectivity index (χ1n) is 6.32. The maximum absolute atomic E-state index is 11.6. The predicted octanol–water partition coefficient (Wildman–Crippen LogP) is 1.59. The highest BCUT2D eigenvalue weighted by molar-refractivity contribution is 8.00. The van der Waals surface area contributed by atoms with Crippen molar-refractivity contribution in [1.29, 1.82) is 0 Å². The molecule has 4 nitrogen and oxygen atoms in total. The van der Waals surface area contributed by atoms with Crippen LogP contribution in [0.3, 0.4) is 0 Å². The number of hydrogen-bond donors (Lipinski definition) is 3. The summed E-state index contributed by atoms with van der Waals surface area (Å²) < 4.78 is 0.216. The zero-order valence-electron chi connectivity index (χ0n) is 10.8. The molecule has 17 heavy (non-hydrogen) atoms. The van der Waals surface area contributed by atoms with E-state index in [-0.39, 0.29) is 17.4 Å². The molecule has 1 rings (SSSR count). The largest absolute Gasteiger partial charge is 0.396 e. The van der Waals surface area contributed by atoms with E-state index in [0.717, 1.165) is 13.0 Å². The lowest BCUT2D eigenvalue weighted by molar-refractivity contribution is 0.233. The first kappa shape index (κ1) is 14.6. The van der Waals surface area contributed by atoms with Gasteiger partial charge in [-0.3, -0.25) is 0 Å². The van der Waals surface area contributed by atoms with Gasteiger partial charge in [-0.15, -0.1) is 0 Å². The van der Waals surface area contributed by atoms with Crippen LogP contribution >= 0.6 is 11.8 Å². The van der Waals surface area contributed by atoms with Crippen molar-refractivity contribution in [3.8, 4) is 0 Å². The van der Waals surface area contributed by atoms with Gasteiger partial charge in [-0.05, 0) is 37.9 Å². The van der Waals surface area contributed by atoms with Crippen LogP contribution in [0.2, 0.25) is 0 Å². The number of urea groups is 1. The summed E-state index contributed by atoms with van der Waals surface area (Å²) in [6.45, 7) is 5.76. The Hall–Kier alpha value is -0.420. The number of aliphatic hydroxyl groups is 1. The van der Waals surface area contributed by atoms with Crippen LogP contribution in [0.15, 0.2) is 0 Å². The maximum atomic E-state index is 11.6. The van der Waals surface area contributed by atoms with Crippen molar-refractivity contribution in [1.82, 2.24) is 10.6 Å². The van der Waals surface area contributed by atoms with Crippen LogP contribution in [0.1, 0.15) is 33.1 Å². The van der Waals surface area contributed by atoms with Gasteiger partial charge in [0, 0.05) is 24.4 Å². The molecule has 2 atom stereocenters. The maximum Gasteiger partial charge on any atom is 0.314 e. The zero-order valence-corrected chi connectivity index (χ0v) is 11.6. The van der Waals surface area contributed by atoms with E-state index in [1.807, 2.05) is 18.7 Å². The molecule has 1 heterocycles. The Morgan fingerprint density at radius 1 is 1.53 bits per heavy atom. The molecule has 2 amide bonds. The van der Waals surface area contributed by atoms with E-state index in [1.54, 1.807) is 0 Å². The standard InChI is InChI=1S/C12H24N2O2S/c1-10(4-6-15)8-13-11(16)14-9-12(2)5-3-7-17-12/h10,15H,3-9H2,1-2H3,(H2,13,14,16). The fraction of sp³-hybridized carbons (Fsp3) is 0.917. The van der Waals surface area contributed by atoms with Crippen LogP contribution in [-0.4, -0.2) is 41.3 Å². The Labute approximate surface area is 108 Å². The van der Waals surface area contributed by atoms with Gasteiger partial charge in [-0.2, -0.15) is 11.8 Å². The molecule has 0 radical (unpaired) electrons. The summed E-state index contributed by atoms with van der Waals surface area (Å²) >= 11 is 1.94. The Morgan fingerprint density at radius 2 is 2.29 bits per heavy atom. The topological polar surface area (TPSA) is 61.4 Å². The minimum atomic E-state index is -0.0940. The molecule has 1 saturated heterocycles. The molecular formula is C12H24N2O2S. The molecular weight excluding hydrogens is 236 g/mol. The van der Waals surface area contributed by atoms with Crippen molar-refractivity contribution < 1.29 is 9.90 Å². The number of rotatable bonds is 6. The van der Waals surface area contributed by atoms with Gasteiger partial charge < -0.3 is 15.7 Å². The molecule has 1 fully saturated rings. The number of nitrogens with one attached hydrogen (secondary N) is 2. The molecule has 0 aromatic carbocycles. The second-order valence-corrected chi connectivity index (χ2v) is 6.77. The minimum absolute atomic E-state index is 0.0940.